The second-order valence-electron chi connectivity index (χ2n) is 4.84. The highest BCUT2D eigenvalue weighted by Gasteiger charge is 2.19. The van der Waals surface area contributed by atoms with Crippen molar-refractivity contribution in [3.63, 3.8) is 0 Å². The first-order chi connectivity index (χ1) is 10.4. The van der Waals surface area contributed by atoms with E-state index in [4.69, 9.17) is 27.9 Å². The number of nitrogens with one attached hydrogen (secondary N) is 2. The van der Waals surface area contributed by atoms with Gasteiger partial charge in [0, 0.05) is 13.2 Å². The standard InChI is InChI=1S/C13H16Cl2N2O4S/c14-11-4-3-10(6-12(11)15)22(19,20)17-8-13(18)16-7-9-2-1-5-21-9/h3-4,6,9,17H,1-2,5,7-8H2,(H,16,18). The van der Waals surface area contributed by atoms with Gasteiger partial charge in [-0.1, -0.05) is 23.2 Å². The zero-order chi connectivity index (χ0) is 16.2. The van der Waals surface area contributed by atoms with Crippen LogP contribution in [0.15, 0.2) is 23.1 Å². The van der Waals surface area contributed by atoms with Crippen LogP contribution in [0.3, 0.4) is 0 Å². The third-order valence-electron chi connectivity index (χ3n) is 3.18. The van der Waals surface area contributed by atoms with Crippen LogP contribution in [0.4, 0.5) is 0 Å². The number of carbonyl (C=O) groups is 1. The lowest BCUT2D eigenvalue weighted by atomic mass is 10.2. The first-order valence-electron chi connectivity index (χ1n) is 6.71. The molecule has 1 aromatic carbocycles. The molecule has 0 radical (unpaired) electrons. The lowest BCUT2D eigenvalue weighted by molar-refractivity contribution is -0.120. The zero-order valence-electron chi connectivity index (χ0n) is 11.6. The summed E-state index contributed by atoms with van der Waals surface area (Å²) in [6.07, 6.45) is 1.88. The molecule has 1 aromatic rings. The summed E-state index contributed by atoms with van der Waals surface area (Å²) in [7, 11) is -3.82. The van der Waals surface area contributed by atoms with E-state index in [2.05, 4.69) is 10.0 Å². The van der Waals surface area contributed by atoms with Crippen molar-refractivity contribution in [2.45, 2.75) is 23.8 Å². The molecule has 9 heteroatoms. The Hall–Kier alpha value is -0.860. The van der Waals surface area contributed by atoms with Crippen molar-refractivity contribution in [3.05, 3.63) is 28.2 Å². The highest BCUT2D eigenvalue weighted by molar-refractivity contribution is 7.89. The van der Waals surface area contributed by atoms with Gasteiger partial charge in [-0.2, -0.15) is 0 Å². The molecule has 1 fully saturated rings. The molecule has 1 aliphatic rings. The van der Waals surface area contributed by atoms with Crippen molar-refractivity contribution >= 4 is 39.1 Å². The monoisotopic (exact) mass is 366 g/mol. The van der Waals surface area contributed by atoms with Gasteiger partial charge in [-0.25, -0.2) is 13.1 Å². The largest absolute Gasteiger partial charge is 0.376 e. The van der Waals surface area contributed by atoms with Crippen LogP contribution in [0.25, 0.3) is 0 Å². The Balaban J connectivity index is 1.85. The SMILES string of the molecule is O=C(CNS(=O)(=O)c1ccc(Cl)c(Cl)c1)NCC1CCCO1. The number of hydrogen-bond acceptors (Lipinski definition) is 4. The molecule has 1 aliphatic heterocycles. The van der Waals surface area contributed by atoms with Crippen molar-refractivity contribution in [2.75, 3.05) is 19.7 Å². The van der Waals surface area contributed by atoms with Crippen molar-refractivity contribution in [1.82, 2.24) is 10.0 Å². The summed E-state index contributed by atoms with van der Waals surface area (Å²) in [4.78, 5) is 11.6. The van der Waals surface area contributed by atoms with Gasteiger partial charge in [-0.05, 0) is 31.0 Å². The Morgan fingerprint density at radius 1 is 1.32 bits per heavy atom. The van der Waals surface area contributed by atoms with Crippen LogP contribution < -0.4 is 10.0 Å². The zero-order valence-corrected chi connectivity index (χ0v) is 14.0. The van der Waals surface area contributed by atoms with Crippen molar-refractivity contribution in [1.29, 1.82) is 0 Å². The summed E-state index contributed by atoms with van der Waals surface area (Å²) in [6.45, 7) is 0.729. The van der Waals surface area contributed by atoms with E-state index in [9.17, 15) is 13.2 Å². The van der Waals surface area contributed by atoms with Gasteiger partial charge in [0.2, 0.25) is 15.9 Å². The second-order valence-corrected chi connectivity index (χ2v) is 7.42. The topological polar surface area (TPSA) is 84.5 Å². The minimum Gasteiger partial charge on any atom is -0.376 e. The average Bonchev–Trinajstić information content (AvgIpc) is 2.99. The van der Waals surface area contributed by atoms with Gasteiger partial charge >= 0.3 is 0 Å². The number of rotatable bonds is 6. The molecule has 1 saturated heterocycles. The fourth-order valence-electron chi connectivity index (χ4n) is 1.98. The Morgan fingerprint density at radius 2 is 2.09 bits per heavy atom. The highest BCUT2D eigenvalue weighted by atomic mass is 35.5. The lowest BCUT2D eigenvalue weighted by Crippen LogP contribution is -2.39. The molecule has 22 heavy (non-hydrogen) atoms. The summed E-state index contributed by atoms with van der Waals surface area (Å²) in [6, 6.07) is 3.94. The smallest absolute Gasteiger partial charge is 0.241 e. The van der Waals surface area contributed by atoms with Crippen molar-refractivity contribution < 1.29 is 17.9 Å². The summed E-state index contributed by atoms with van der Waals surface area (Å²) in [5.74, 6) is -0.417. The number of sulfonamides is 1. The first kappa shape index (κ1) is 17.5. The van der Waals surface area contributed by atoms with Gasteiger partial charge in [0.25, 0.3) is 0 Å². The molecular weight excluding hydrogens is 351 g/mol. The molecule has 0 aliphatic carbocycles. The van der Waals surface area contributed by atoms with Gasteiger partial charge in [0.15, 0.2) is 0 Å². The Morgan fingerprint density at radius 3 is 2.73 bits per heavy atom. The quantitative estimate of drug-likeness (QED) is 0.799. The van der Waals surface area contributed by atoms with E-state index in [1.54, 1.807) is 0 Å². The molecule has 6 nitrogen and oxygen atoms in total. The van der Waals surface area contributed by atoms with E-state index in [-0.39, 0.29) is 27.6 Å². The molecule has 0 aromatic heterocycles. The van der Waals surface area contributed by atoms with Crippen molar-refractivity contribution in [3.8, 4) is 0 Å². The van der Waals surface area contributed by atoms with Crippen LogP contribution >= 0.6 is 23.2 Å². The molecule has 1 atom stereocenters. The summed E-state index contributed by atoms with van der Waals surface area (Å²) in [5.41, 5.74) is 0. The van der Waals surface area contributed by atoms with Crippen LogP contribution in [0, 0.1) is 0 Å². The number of carbonyl (C=O) groups excluding carboxylic acids is 1. The van der Waals surface area contributed by atoms with E-state index in [0.29, 0.717) is 13.2 Å². The Labute approximate surface area is 139 Å². The summed E-state index contributed by atoms with van der Waals surface area (Å²) < 4.78 is 31.7. The molecule has 1 heterocycles. The molecule has 2 N–H and O–H groups in total. The minimum absolute atomic E-state index is 0.00984. The van der Waals surface area contributed by atoms with Gasteiger partial charge in [0.05, 0.1) is 27.6 Å². The van der Waals surface area contributed by atoms with Gasteiger partial charge in [0.1, 0.15) is 0 Å². The number of halogens is 2. The molecule has 0 spiro atoms. The number of hydrogen-bond donors (Lipinski definition) is 2. The fourth-order valence-corrected chi connectivity index (χ4v) is 3.35. The fraction of sp³-hybridized carbons (Fsp3) is 0.462. The molecule has 0 saturated carbocycles. The third kappa shape index (κ3) is 4.82. The number of benzene rings is 1. The lowest BCUT2D eigenvalue weighted by Gasteiger charge is -2.11. The molecule has 122 valence electrons. The van der Waals surface area contributed by atoms with Crippen molar-refractivity contribution in [2.24, 2.45) is 0 Å². The van der Waals surface area contributed by atoms with Crippen LogP contribution in [0.2, 0.25) is 10.0 Å². The molecule has 1 unspecified atom stereocenters. The Bertz CT molecular complexity index is 645. The van der Waals surface area contributed by atoms with Gasteiger partial charge in [-0.15, -0.1) is 0 Å². The second kappa shape index (κ2) is 7.61. The molecule has 2 rings (SSSR count). The van der Waals surface area contributed by atoms with Crippen LogP contribution in [-0.2, 0) is 19.6 Å². The average molecular weight is 367 g/mol. The molecule has 1 amide bonds. The summed E-state index contributed by atoms with van der Waals surface area (Å²) in [5, 5.41) is 3.02. The maximum atomic E-state index is 12.0. The third-order valence-corrected chi connectivity index (χ3v) is 5.31. The maximum Gasteiger partial charge on any atom is 0.241 e. The van der Waals surface area contributed by atoms with Crippen LogP contribution in [-0.4, -0.2) is 40.1 Å². The van der Waals surface area contributed by atoms with Gasteiger partial charge < -0.3 is 10.1 Å². The number of amides is 1. The predicted octanol–water partition coefficient (Wildman–Crippen LogP) is 1.57. The predicted molar refractivity (Wildman–Crippen MR) is 83.6 cm³/mol. The maximum absolute atomic E-state index is 12.0. The Kier molecular flexibility index (Phi) is 6.05. The normalized spacial score (nSPS) is 18.4. The molecule has 0 bridgehead atoms. The minimum atomic E-state index is -3.82. The van der Waals surface area contributed by atoms with Gasteiger partial charge in [-0.3, -0.25) is 4.79 Å². The first-order valence-corrected chi connectivity index (χ1v) is 8.95. The number of ether oxygens (including phenoxy) is 1. The van der Waals surface area contributed by atoms with E-state index in [1.165, 1.54) is 18.2 Å². The van der Waals surface area contributed by atoms with E-state index >= 15 is 0 Å². The summed E-state index contributed by atoms with van der Waals surface area (Å²) >= 11 is 11.5. The van der Waals surface area contributed by atoms with Crippen LogP contribution in [0.1, 0.15) is 12.8 Å². The van der Waals surface area contributed by atoms with E-state index < -0.39 is 15.9 Å². The van der Waals surface area contributed by atoms with E-state index in [0.717, 1.165) is 12.8 Å². The molecular formula is C13H16Cl2N2O4S. The van der Waals surface area contributed by atoms with Crippen LogP contribution in [0.5, 0.6) is 0 Å². The highest BCUT2D eigenvalue weighted by Crippen LogP contribution is 2.24. The van der Waals surface area contributed by atoms with E-state index in [1.807, 2.05) is 0 Å².